The molecule has 0 aliphatic rings. The van der Waals surface area contributed by atoms with Gasteiger partial charge in [-0.3, -0.25) is 4.79 Å². The van der Waals surface area contributed by atoms with Gasteiger partial charge in [-0.1, -0.05) is 41.6 Å². The van der Waals surface area contributed by atoms with Crippen LogP contribution in [-0.4, -0.2) is 31.5 Å². The summed E-state index contributed by atoms with van der Waals surface area (Å²) in [7, 11) is 0. The van der Waals surface area contributed by atoms with Crippen LogP contribution in [0.4, 0.5) is 0 Å². The summed E-state index contributed by atoms with van der Waals surface area (Å²) in [5.41, 5.74) is 2.50. The van der Waals surface area contributed by atoms with E-state index in [-0.39, 0.29) is 11.7 Å². The molecule has 0 saturated carbocycles. The van der Waals surface area contributed by atoms with Crippen LogP contribution in [0, 0.1) is 0 Å². The molecule has 0 atom stereocenters. The summed E-state index contributed by atoms with van der Waals surface area (Å²) in [4.78, 5) is 13.2. The minimum Gasteiger partial charge on any atom is -0.351 e. The number of hydrogen-bond acceptors (Lipinski definition) is 6. The van der Waals surface area contributed by atoms with E-state index in [4.69, 9.17) is 11.6 Å². The molecule has 27 heavy (non-hydrogen) atoms. The molecule has 1 N–H and O–H groups in total. The highest BCUT2D eigenvalue weighted by atomic mass is 35.5. The Labute approximate surface area is 168 Å². The lowest BCUT2D eigenvalue weighted by Gasteiger charge is -2.05. The molecule has 0 fully saturated rings. The Hall–Kier alpha value is -2.42. The molecule has 4 rings (SSSR count). The maximum Gasteiger partial charge on any atom is 0.230 e. The van der Waals surface area contributed by atoms with Crippen molar-refractivity contribution < 1.29 is 4.79 Å². The maximum atomic E-state index is 12.1. The molecule has 0 aliphatic carbocycles. The molecule has 136 valence electrons. The van der Waals surface area contributed by atoms with E-state index in [1.165, 1.54) is 11.8 Å². The minimum atomic E-state index is -0.0823. The third-order valence-electron chi connectivity index (χ3n) is 3.74. The third kappa shape index (κ3) is 4.29. The molecule has 0 spiro atoms. The van der Waals surface area contributed by atoms with Gasteiger partial charge in [0.2, 0.25) is 11.1 Å². The van der Waals surface area contributed by atoms with Crippen molar-refractivity contribution >= 4 is 46.3 Å². The molecule has 0 bridgehead atoms. The lowest BCUT2D eigenvalue weighted by Crippen LogP contribution is -2.24. The van der Waals surface area contributed by atoms with Gasteiger partial charge in [-0.05, 0) is 41.3 Å². The van der Waals surface area contributed by atoms with Gasteiger partial charge in [0, 0.05) is 11.6 Å². The van der Waals surface area contributed by atoms with Gasteiger partial charge in [0.15, 0.2) is 5.65 Å². The summed E-state index contributed by atoms with van der Waals surface area (Å²) in [6.07, 6.45) is 0. The predicted molar refractivity (Wildman–Crippen MR) is 108 cm³/mol. The van der Waals surface area contributed by atoms with E-state index in [1.807, 2.05) is 41.8 Å². The molecule has 3 aromatic heterocycles. The number of rotatable bonds is 6. The van der Waals surface area contributed by atoms with Gasteiger partial charge < -0.3 is 5.32 Å². The fourth-order valence-electron chi connectivity index (χ4n) is 2.40. The highest BCUT2D eigenvalue weighted by molar-refractivity contribution is 7.99. The number of nitrogens with one attached hydrogen (secondary N) is 1. The minimum absolute atomic E-state index is 0.0823. The van der Waals surface area contributed by atoms with Crippen LogP contribution in [0.3, 0.4) is 0 Å². The van der Waals surface area contributed by atoms with E-state index in [0.717, 1.165) is 16.1 Å². The van der Waals surface area contributed by atoms with Gasteiger partial charge >= 0.3 is 0 Å². The maximum absolute atomic E-state index is 12.1. The zero-order valence-corrected chi connectivity index (χ0v) is 16.4. The van der Waals surface area contributed by atoms with Crippen LogP contribution in [0.15, 0.2) is 59.1 Å². The largest absolute Gasteiger partial charge is 0.351 e. The van der Waals surface area contributed by atoms with Crippen LogP contribution in [0.25, 0.3) is 16.2 Å². The normalized spacial score (nSPS) is 11.0. The number of halogens is 1. The highest BCUT2D eigenvalue weighted by Gasteiger charge is 2.12. The van der Waals surface area contributed by atoms with Crippen LogP contribution < -0.4 is 5.32 Å². The van der Waals surface area contributed by atoms with Gasteiger partial charge in [-0.15, -0.1) is 21.5 Å². The Balaban J connectivity index is 1.40. The molecular weight excluding hydrogens is 402 g/mol. The van der Waals surface area contributed by atoms with Crippen molar-refractivity contribution in [3.05, 3.63) is 64.5 Å². The predicted octanol–water partition coefficient (Wildman–Crippen LogP) is 3.91. The molecule has 0 aliphatic heterocycles. The number of thiophene rings is 1. The van der Waals surface area contributed by atoms with E-state index in [1.54, 1.807) is 28.0 Å². The number of aromatic nitrogens is 4. The van der Waals surface area contributed by atoms with Crippen LogP contribution in [0.1, 0.15) is 5.56 Å². The molecule has 1 amide bonds. The SMILES string of the molecule is O=C(CSc1nnc2ccc(-c3cccs3)nn12)NCc1ccc(Cl)cc1. The molecular formula is C18H14ClN5OS2. The van der Waals surface area contributed by atoms with Gasteiger partial charge in [0.25, 0.3) is 0 Å². The van der Waals surface area contributed by atoms with Crippen molar-refractivity contribution in [2.75, 3.05) is 5.75 Å². The first-order valence-electron chi connectivity index (χ1n) is 8.09. The average Bonchev–Trinajstić information content (AvgIpc) is 3.35. The monoisotopic (exact) mass is 415 g/mol. The van der Waals surface area contributed by atoms with Crippen LogP contribution in [0.2, 0.25) is 5.02 Å². The zero-order valence-electron chi connectivity index (χ0n) is 14.0. The quantitative estimate of drug-likeness (QED) is 0.483. The molecule has 9 heteroatoms. The Morgan fingerprint density at radius 1 is 1.15 bits per heavy atom. The van der Waals surface area contributed by atoms with Gasteiger partial charge in [-0.2, -0.15) is 9.61 Å². The Kier molecular flexibility index (Phi) is 5.38. The standard InChI is InChI=1S/C18H14ClN5OS2/c19-13-5-3-12(4-6-13)10-20-17(25)11-27-18-22-21-16-8-7-14(23-24(16)18)15-2-1-9-26-15/h1-9H,10-11H2,(H,20,25). The Morgan fingerprint density at radius 2 is 2.00 bits per heavy atom. The first kappa shape index (κ1) is 18.0. The number of amides is 1. The summed E-state index contributed by atoms with van der Waals surface area (Å²) < 4.78 is 1.67. The second-order valence-corrected chi connectivity index (χ2v) is 7.97. The van der Waals surface area contributed by atoms with Crippen LogP contribution in [-0.2, 0) is 11.3 Å². The second kappa shape index (κ2) is 8.08. The van der Waals surface area contributed by atoms with Gasteiger partial charge in [0.1, 0.15) is 5.69 Å². The van der Waals surface area contributed by atoms with E-state index in [2.05, 4.69) is 20.6 Å². The lowest BCUT2D eigenvalue weighted by atomic mass is 10.2. The first-order valence-corrected chi connectivity index (χ1v) is 10.3. The fourth-order valence-corrected chi connectivity index (χ4v) is 3.93. The van der Waals surface area contributed by atoms with E-state index < -0.39 is 0 Å². The van der Waals surface area contributed by atoms with Gasteiger partial charge in [0.05, 0.1) is 10.6 Å². The number of benzene rings is 1. The Morgan fingerprint density at radius 3 is 2.78 bits per heavy atom. The summed E-state index contributed by atoms with van der Waals surface area (Å²) in [5, 5.41) is 19.0. The molecule has 1 aromatic carbocycles. The smallest absolute Gasteiger partial charge is 0.230 e. The van der Waals surface area contributed by atoms with E-state index >= 15 is 0 Å². The molecule has 6 nitrogen and oxygen atoms in total. The molecule has 0 radical (unpaired) electrons. The highest BCUT2D eigenvalue weighted by Crippen LogP contribution is 2.24. The second-order valence-electron chi connectivity index (χ2n) is 5.64. The van der Waals surface area contributed by atoms with Crippen molar-refractivity contribution in [2.24, 2.45) is 0 Å². The van der Waals surface area contributed by atoms with Crippen LogP contribution in [0.5, 0.6) is 0 Å². The molecule has 0 unspecified atom stereocenters. The van der Waals surface area contributed by atoms with Crippen molar-refractivity contribution in [2.45, 2.75) is 11.7 Å². The van der Waals surface area contributed by atoms with Crippen molar-refractivity contribution in [1.29, 1.82) is 0 Å². The first-order chi connectivity index (χ1) is 13.2. The third-order valence-corrected chi connectivity index (χ3v) is 5.81. The lowest BCUT2D eigenvalue weighted by molar-refractivity contribution is -0.118. The molecule has 0 saturated heterocycles. The molecule has 4 aromatic rings. The summed E-state index contributed by atoms with van der Waals surface area (Å²) >= 11 is 8.79. The number of fused-ring (bicyclic) bond motifs is 1. The topological polar surface area (TPSA) is 72.2 Å². The fraction of sp³-hybridized carbons (Fsp3) is 0.111. The average molecular weight is 416 g/mol. The van der Waals surface area contributed by atoms with E-state index in [0.29, 0.717) is 22.4 Å². The number of carbonyl (C=O) groups excluding carboxylic acids is 1. The summed E-state index contributed by atoms with van der Waals surface area (Å²) in [6.45, 7) is 0.456. The van der Waals surface area contributed by atoms with Crippen molar-refractivity contribution in [3.8, 4) is 10.6 Å². The number of carbonyl (C=O) groups is 1. The Bertz CT molecular complexity index is 1060. The summed E-state index contributed by atoms with van der Waals surface area (Å²) in [5.74, 6) is 0.153. The van der Waals surface area contributed by atoms with Gasteiger partial charge in [-0.25, -0.2) is 0 Å². The van der Waals surface area contributed by atoms with Crippen LogP contribution >= 0.6 is 34.7 Å². The zero-order chi connectivity index (χ0) is 18.6. The molecule has 3 heterocycles. The van der Waals surface area contributed by atoms with Crippen molar-refractivity contribution in [1.82, 2.24) is 25.1 Å². The number of hydrogen-bond donors (Lipinski definition) is 1. The van der Waals surface area contributed by atoms with Crippen molar-refractivity contribution in [3.63, 3.8) is 0 Å². The number of thioether (sulfide) groups is 1. The number of nitrogens with zero attached hydrogens (tertiary/aromatic N) is 4. The van der Waals surface area contributed by atoms with E-state index in [9.17, 15) is 4.79 Å². The summed E-state index contributed by atoms with van der Waals surface area (Å²) in [6, 6.07) is 15.2.